The average Bonchev–Trinajstić information content (AvgIpc) is 2.72. The average molecular weight is 280 g/mol. The summed E-state index contributed by atoms with van der Waals surface area (Å²) in [6, 6.07) is 14.3. The number of allylic oxidation sites excluding steroid dienone is 1. The standard InChI is InChI=1S/C18H16OS/c1-11-4-7-13(8-5-11)16-17(19)15-10-12(2)6-9-14(15)18(16)20-3/h4-10H,1-3H3. The summed E-state index contributed by atoms with van der Waals surface area (Å²) < 4.78 is 0. The van der Waals surface area contributed by atoms with Gasteiger partial charge in [-0.1, -0.05) is 47.5 Å². The first-order valence-electron chi connectivity index (χ1n) is 6.63. The Kier molecular flexibility index (Phi) is 3.27. The number of carbonyl (C=O) groups excluding carboxylic acids is 1. The predicted molar refractivity (Wildman–Crippen MR) is 87.0 cm³/mol. The number of Topliss-reactive ketones (excluding diaryl/α,β-unsaturated/α-hetero) is 1. The second kappa shape index (κ2) is 4.95. The fraction of sp³-hybridized carbons (Fsp3) is 0.167. The number of fused-ring (bicyclic) bond motifs is 1. The number of thioether (sulfide) groups is 1. The summed E-state index contributed by atoms with van der Waals surface area (Å²) in [5.74, 6) is 0.150. The highest BCUT2D eigenvalue weighted by Crippen LogP contribution is 2.43. The Morgan fingerprint density at radius 3 is 2.15 bits per heavy atom. The van der Waals surface area contributed by atoms with Crippen molar-refractivity contribution in [2.75, 3.05) is 6.26 Å². The van der Waals surface area contributed by atoms with E-state index < -0.39 is 0 Å². The topological polar surface area (TPSA) is 17.1 Å². The Hall–Kier alpha value is -1.80. The van der Waals surface area contributed by atoms with Crippen LogP contribution in [0.1, 0.15) is 32.6 Å². The lowest BCUT2D eigenvalue weighted by Crippen LogP contribution is -1.98. The maximum absolute atomic E-state index is 12.7. The van der Waals surface area contributed by atoms with Gasteiger partial charge in [0.15, 0.2) is 5.78 Å². The molecule has 1 aliphatic rings. The van der Waals surface area contributed by atoms with Crippen LogP contribution in [0.25, 0.3) is 10.5 Å². The van der Waals surface area contributed by atoms with Gasteiger partial charge in [-0.05, 0) is 37.3 Å². The molecule has 3 rings (SSSR count). The molecule has 0 fully saturated rings. The van der Waals surface area contributed by atoms with E-state index in [2.05, 4.69) is 31.2 Å². The molecule has 0 amide bonds. The largest absolute Gasteiger partial charge is 0.289 e. The van der Waals surface area contributed by atoms with Crippen molar-refractivity contribution in [2.45, 2.75) is 13.8 Å². The number of hydrogen-bond donors (Lipinski definition) is 0. The van der Waals surface area contributed by atoms with E-state index in [9.17, 15) is 4.79 Å². The molecule has 2 heteroatoms. The van der Waals surface area contributed by atoms with E-state index in [1.165, 1.54) is 5.56 Å². The molecular formula is C18H16OS. The van der Waals surface area contributed by atoms with E-state index in [0.717, 1.165) is 32.7 Å². The summed E-state index contributed by atoms with van der Waals surface area (Å²) in [7, 11) is 0. The van der Waals surface area contributed by atoms with Gasteiger partial charge in [-0.25, -0.2) is 0 Å². The third-order valence-corrected chi connectivity index (χ3v) is 4.50. The minimum Gasteiger partial charge on any atom is -0.289 e. The highest BCUT2D eigenvalue weighted by Gasteiger charge is 2.30. The third kappa shape index (κ3) is 2.01. The van der Waals surface area contributed by atoms with Gasteiger partial charge in [0, 0.05) is 16.0 Å². The molecule has 1 aliphatic carbocycles. The van der Waals surface area contributed by atoms with E-state index in [-0.39, 0.29) is 5.78 Å². The van der Waals surface area contributed by atoms with Gasteiger partial charge < -0.3 is 0 Å². The maximum Gasteiger partial charge on any atom is 0.195 e. The zero-order chi connectivity index (χ0) is 14.3. The smallest absolute Gasteiger partial charge is 0.195 e. The molecular weight excluding hydrogens is 264 g/mol. The van der Waals surface area contributed by atoms with Crippen molar-refractivity contribution in [3.05, 3.63) is 70.3 Å². The van der Waals surface area contributed by atoms with Gasteiger partial charge >= 0.3 is 0 Å². The Labute approximate surface area is 123 Å². The normalized spacial score (nSPS) is 13.8. The van der Waals surface area contributed by atoms with Crippen LogP contribution < -0.4 is 0 Å². The van der Waals surface area contributed by atoms with Gasteiger partial charge in [0.25, 0.3) is 0 Å². The predicted octanol–water partition coefficient (Wildman–Crippen LogP) is 4.73. The van der Waals surface area contributed by atoms with Crippen LogP contribution >= 0.6 is 11.8 Å². The lowest BCUT2D eigenvalue weighted by Gasteiger charge is -2.05. The van der Waals surface area contributed by atoms with Crippen LogP contribution in [0, 0.1) is 13.8 Å². The first-order valence-corrected chi connectivity index (χ1v) is 7.85. The van der Waals surface area contributed by atoms with Crippen molar-refractivity contribution in [2.24, 2.45) is 0 Å². The first-order chi connectivity index (χ1) is 9.61. The molecule has 1 nitrogen and oxygen atoms in total. The molecule has 0 bridgehead atoms. The summed E-state index contributed by atoms with van der Waals surface area (Å²) in [5, 5.41) is 0. The molecule has 0 unspecified atom stereocenters. The van der Waals surface area contributed by atoms with Crippen molar-refractivity contribution in [3.63, 3.8) is 0 Å². The first kappa shape index (κ1) is 13.2. The van der Waals surface area contributed by atoms with Crippen LogP contribution in [0.2, 0.25) is 0 Å². The van der Waals surface area contributed by atoms with Gasteiger partial charge in [0.2, 0.25) is 0 Å². The van der Waals surface area contributed by atoms with E-state index in [0.29, 0.717) is 0 Å². The number of benzene rings is 2. The highest BCUT2D eigenvalue weighted by molar-refractivity contribution is 8.08. The molecule has 2 aromatic rings. The minimum absolute atomic E-state index is 0.150. The third-order valence-electron chi connectivity index (χ3n) is 3.66. The van der Waals surface area contributed by atoms with E-state index >= 15 is 0 Å². The number of aryl methyl sites for hydroxylation is 2. The van der Waals surface area contributed by atoms with Crippen LogP contribution in [0.4, 0.5) is 0 Å². The fourth-order valence-electron chi connectivity index (χ4n) is 2.61. The second-order valence-corrected chi connectivity index (χ2v) is 5.97. The van der Waals surface area contributed by atoms with Gasteiger partial charge in [0.1, 0.15) is 0 Å². The van der Waals surface area contributed by atoms with Gasteiger partial charge in [-0.2, -0.15) is 0 Å². The van der Waals surface area contributed by atoms with E-state index in [1.807, 2.05) is 31.4 Å². The monoisotopic (exact) mass is 280 g/mol. The maximum atomic E-state index is 12.7. The molecule has 20 heavy (non-hydrogen) atoms. The SMILES string of the molecule is CSC1=C(c2ccc(C)cc2)C(=O)c2cc(C)ccc21. The molecule has 0 aliphatic heterocycles. The Morgan fingerprint density at radius 2 is 1.50 bits per heavy atom. The second-order valence-electron chi connectivity index (χ2n) is 5.15. The van der Waals surface area contributed by atoms with Crippen molar-refractivity contribution in [1.82, 2.24) is 0 Å². The van der Waals surface area contributed by atoms with Crippen molar-refractivity contribution < 1.29 is 4.79 Å². The molecule has 0 spiro atoms. The summed E-state index contributed by atoms with van der Waals surface area (Å²) in [6.45, 7) is 4.08. The summed E-state index contributed by atoms with van der Waals surface area (Å²) in [6.07, 6.45) is 2.03. The van der Waals surface area contributed by atoms with Gasteiger partial charge in [-0.3, -0.25) is 4.79 Å². The molecule has 2 aromatic carbocycles. The van der Waals surface area contributed by atoms with Gasteiger partial charge in [0.05, 0.1) is 0 Å². The Bertz CT molecular complexity index is 724. The van der Waals surface area contributed by atoms with Gasteiger partial charge in [-0.15, -0.1) is 11.8 Å². The Balaban J connectivity index is 2.20. The number of rotatable bonds is 2. The van der Waals surface area contributed by atoms with Crippen molar-refractivity contribution in [3.8, 4) is 0 Å². The highest BCUT2D eigenvalue weighted by atomic mass is 32.2. The lowest BCUT2D eigenvalue weighted by molar-refractivity contribution is 0.105. The van der Waals surface area contributed by atoms with Crippen molar-refractivity contribution >= 4 is 28.0 Å². The molecule has 0 heterocycles. The summed E-state index contributed by atoms with van der Waals surface area (Å²) in [4.78, 5) is 13.8. The van der Waals surface area contributed by atoms with Crippen LogP contribution in [-0.4, -0.2) is 12.0 Å². The molecule has 0 N–H and O–H groups in total. The number of hydrogen-bond acceptors (Lipinski definition) is 2. The van der Waals surface area contributed by atoms with E-state index in [1.54, 1.807) is 11.8 Å². The molecule has 100 valence electrons. The molecule has 0 aromatic heterocycles. The fourth-order valence-corrected chi connectivity index (χ4v) is 3.42. The molecule has 0 atom stereocenters. The number of carbonyl (C=O) groups is 1. The lowest BCUT2D eigenvalue weighted by atomic mass is 10.0. The summed E-state index contributed by atoms with van der Waals surface area (Å²) >= 11 is 1.65. The minimum atomic E-state index is 0.150. The van der Waals surface area contributed by atoms with E-state index in [4.69, 9.17) is 0 Å². The zero-order valence-corrected chi connectivity index (χ0v) is 12.7. The Morgan fingerprint density at radius 1 is 0.850 bits per heavy atom. The quantitative estimate of drug-likeness (QED) is 0.791. The zero-order valence-electron chi connectivity index (χ0n) is 11.9. The molecule has 0 saturated carbocycles. The molecule has 0 radical (unpaired) electrons. The van der Waals surface area contributed by atoms with Crippen LogP contribution in [0.15, 0.2) is 42.5 Å². The summed E-state index contributed by atoms with van der Waals surface area (Å²) in [5.41, 5.74) is 6.10. The van der Waals surface area contributed by atoms with Crippen LogP contribution in [0.5, 0.6) is 0 Å². The van der Waals surface area contributed by atoms with Crippen LogP contribution in [-0.2, 0) is 0 Å². The molecule has 0 saturated heterocycles. The number of ketones is 1. The van der Waals surface area contributed by atoms with Crippen LogP contribution in [0.3, 0.4) is 0 Å². The van der Waals surface area contributed by atoms with Crippen molar-refractivity contribution in [1.29, 1.82) is 0 Å².